The van der Waals surface area contributed by atoms with Gasteiger partial charge in [-0.2, -0.15) is 0 Å². The number of hydrogen-bond acceptors (Lipinski definition) is 1. The van der Waals surface area contributed by atoms with E-state index in [2.05, 4.69) is 61.7 Å². The molecule has 0 saturated heterocycles. The first-order chi connectivity index (χ1) is 8.31. The highest BCUT2D eigenvalue weighted by Gasteiger charge is 2.24. The van der Waals surface area contributed by atoms with Crippen molar-refractivity contribution in [1.29, 1.82) is 0 Å². The van der Waals surface area contributed by atoms with E-state index >= 15 is 0 Å². The van der Waals surface area contributed by atoms with Crippen LogP contribution in [0.3, 0.4) is 0 Å². The molecule has 0 heterocycles. The van der Waals surface area contributed by atoms with Gasteiger partial charge in [-0.25, -0.2) is 0 Å². The van der Waals surface area contributed by atoms with Gasteiger partial charge >= 0.3 is 0 Å². The zero-order chi connectivity index (χ0) is 12.1. The van der Waals surface area contributed by atoms with Gasteiger partial charge < -0.3 is 5.32 Å². The van der Waals surface area contributed by atoms with E-state index in [1.54, 1.807) is 0 Å². The Kier molecular flexibility index (Phi) is 4.38. The summed E-state index contributed by atoms with van der Waals surface area (Å²) in [6, 6.07) is 0.471. The lowest BCUT2D eigenvalue weighted by molar-refractivity contribution is 0.491. The van der Waals surface area contributed by atoms with Crippen molar-refractivity contribution < 1.29 is 0 Å². The lowest BCUT2D eigenvalue weighted by atomic mass is 9.83. The number of nitrogens with one attached hydrogen (secondary N) is 1. The maximum atomic E-state index is 3.60. The Hall–Kier alpha value is -1.08. The minimum Gasteiger partial charge on any atom is -0.310 e. The maximum Gasteiger partial charge on any atom is 0.0221 e. The van der Waals surface area contributed by atoms with Crippen LogP contribution < -0.4 is 5.32 Å². The average Bonchev–Trinajstić information content (AvgIpc) is 2.82. The molecule has 1 heteroatoms. The summed E-state index contributed by atoms with van der Waals surface area (Å²) in [7, 11) is 0. The molecule has 1 nitrogen and oxygen atoms in total. The number of allylic oxidation sites excluding steroid dienone is 6. The third-order valence-corrected chi connectivity index (χ3v) is 3.49. The molecule has 0 aromatic rings. The van der Waals surface area contributed by atoms with Crippen LogP contribution in [0.4, 0.5) is 0 Å². The highest BCUT2D eigenvalue weighted by atomic mass is 14.9. The predicted molar refractivity (Wildman–Crippen MR) is 73.5 cm³/mol. The number of fused-ring (bicyclic) bond motifs is 1. The third-order valence-electron chi connectivity index (χ3n) is 3.49. The minimum atomic E-state index is 0.471. The van der Waals surface area contributed by atoms with Crippen molar-refractivity contribution >= 4 is 0 Å². The first-order valence-corrected chi connectivity index (χ1v) is 6.67. The van der Waals surface area contributed by atoms with Gasteiger partial charge in [0.25, 0.3) is 0 Å². The smallest absolute Gasteiger partial charge is 0.0221 e. The molecular weight excluding hydrogens is 206 g/mol. The van der Waals surface area contributed by atoms with Crippen molar-refractivity contribution in [1.82, 2.24) is 5.32 Å². The summed E-state index contributed by atoms with van der Waals surface area (Å²) >= 11 is 0. The summed E-state index contributed by atoms with van der Waals surface area (Å²) in [5.74, 6) is 1.17. The molecule has 0 bridgehead atoms. The van der Waals surface area contributed by atoms with Gasteiger partial charge in [0.15, 0.2) is 0 Å². The van der Waals surface area contributed by atoms with Gasteiger partial charge in [0.05, 0.1) is 0 Å². The number of rotatable bonds is 5. The van der Waals surface area contributed by atoms with Crippen LogP contribution in [0, 0.1) is 17.9 Å². The van der Waals surface area contributed by atoms with Gasteiger partial charge in [0, 0.05) is 18.5 Å². The van der Waals surface area contributed by atoms with Crippen LogP contribution in [0.1, 0.15) is 26.7 Å². The zero-order valence-electron chi connectivity index (χ0n) is 10.8. The molecule has 3 unspecified atom stereocenters. The standard InChI is InChI=1S/C16H22N/c1-3-4-7-13(2)17-12-15-10-5-8-14-9-6-11-16(14)15/h4-5,7-9,11,13-15,17H,3,10,12H2,1-2H3/b7-4-. The molecule has 2 aliphatic rings. The van der Waals surface area contributed by atoms with Crippen molar-refractivity contribution in [3.8, 4) is 0 Å². The number of hydrogen-bond donors (Lipinski definition) is 1. The quantitative estimate of drug-likeness (QED) is 0.711. The topological polar surface area (TPSA) is 12.0 Å². The van der Waals surface area contributed by atoms with Crippen LogP contribution in [-0.2, 0) is 0 Å². The van der Waals surface area contributed by atoms with Crippen LogP contribution in [0.25, 0.3) is 0 Å². The van der Waals surface area contributed by atoms with Crippen LogP contribution in [0.2, 0.25) is 0 Å². The molecule has 3 atom stereocenters. The molecule has 2 rings (SSSR count). The van der Waals surface area contributed by atoms with E-state index in [1.165, 1.54) is 5.57 Å². The maximum absolute atomic E-state index is 3.60. The average molecular weight is 228 g/mol. The van der Waals surface area contributed by atoms with Crippen LogP contribution >= 0.6 is 0 Å². The predicted octanol–water partition coefficient (Wildman–Crippen LogP) is 3.42. The Morgan fingerprint density at radius 3 is 3.29 bits per heavy atom. The van der Waals surface area contributed by atoms with Crippen molar-refractivity contribution in [2.45, 2.75) is 32.7 Å². The lowest BCUT2D eigenvalue weighted by Gasteiger charge is -2.26. The fourth-order valence-electron chi connectivity index (χ4n) is 2.46. The summed E-state index contributed by atoms with van der Waals surface area (Å²) in [5, 5.41) is 3.60. The van der Waals surface area contributed by atoms with Crippen LogP contribution in [0.15, 0.2) is 42.0 Å². The molecule has 0 saturated carbocycles. The van der Waals surface area contributed by atoms with Crippen LogP contribution in [-0.4, -0.2) is 12.6 Å². The first kappa shape index (κ1) is 12.4. The SMILES string of the molecule is CC/C=C\C(C)NCC1CC=CC2C=[C]C=C21. The van der Waals surface area contributed by atoms with Gasteiger partial charge in [0.1, 0.15) is 0 Å². The molecule has 0 aromatic carbocycles. The fourth-order valence-corrected chi connectivity index (χ4v) is 2.46. The van der Waals surface area contributed by atoms with E-state index in [-0.39, 0.29) is 0 Å². The van der Waals surface area contributed by atoms with Gasteiger partial charge in [-0.1, -0.05) is 49.0 Å². The molecule has 1 radical (unpaired) electrons. The highest BCUT2D eigenvalue weighted by molar-refractivity contribution is 5.33. The van der Waals surface area contributed by atoms with Gasteiger partial charge in [0.2, 0.25) is 0 Å². The van der Waals surface area contributed by atoms with Crippen molar-refractivity contribution in [3.63, 3.8) is 0 Å². The zero-order valence-corrected chi connectivity index (χ0v) is 10.8. The molecule has 0 aliphatic heterocycles. The van der Waals surface area contributed by atoms with Gasteiger partial charge in [-0.15, -0.1) is 0 Å². The Morgan fingerprint density at radius 2 is 2.47 bits per heavy atom. The lowest BCUT2D eigenvalue weighted by Crippen LogP contribution is -2.32. The van der Waals surface area contributed by atoms with Gasteiger partial charge in [-0.05, 0) is 31.8 Å². The van der Waals surface area contributed by atoms with E-state index in [0.29, 0.717) is 17.9 Å². The van der Waals surface area contributed by atoms with Crippen molar-refractivity contribution in [2.75, 3.05) is 6.54 Å². The van der Waals surface area contributed by atoms with E-state index in [0.717, 1.165) is 19.4 Å². The summed E-state index contributed by atoms with van der Waals surface area (Å²) in [5.41, 5.74) is 1.53. The van der Waals surface area contributed by atoms with Crippen molar-refractivity contribution in [3.05, 3.63) is 48.1 Å². The second-order valence-corrected chi connectivity index (χ2v) is 4.90. The summed E-state index contributed by atoms with van der Waals surface area (Å²) in [6.07, 6.45) is 18.9. The fraction of sp³-hybridized carbons (Fsp3) is 0.500. The largest absolute Gasteiger partial charge is 0.310 e. The van der Waals surface area contributed by atoms with Crippen LogP contribution in [0.5, 0.6) is 0 Å². The van der Waals surface area contributed by atoms with Crippen molar-refractivity contribution in [2.24, 2.45) is 11.8 Å². The first-order valence-electron chi connectivity index (χ1n) is 6.67. The normalized spacial score (nSPS) is 28.5. The highest BCUT2D eigenvalue weighted by Crippen LogP contribution is 2.33. The molecule has 2 aliphatic carbocycles. The molecule has 17 heavy (non-hydrogen) atoms. The Bertz CT molecular complexity index is 360. The molecule has 0 aromatic heterocycles. The summed E-state index contributed by atoms with van der Waals surface area (Å²) in [6.45, 7) is 5.46. The monoisotopic (exact) mass is 228 g/mol. The molecule has 0 spiro atoms. The third kappa shape index (κ3) is 3.19. The minimum absolute atomic E-state index is 0.471. The second kappa shape index (κ2) is 6.02. The van der Waals surface area contributed by atoms with E-state index in [9.17, 15) is 0 Å². The molecule has 0 fully saturated rings. The van der Waals surface area contributed by atoms with E-state index in [1.807, 2.05) is 0 Å². The summed E-state index contributed by atoms with van der Waals surface area (Å²) < 4.78 is 0. The van der Waals surface area contributed by atoms with E-state index < -0.39 is 0 Å². The molecular formula is C16H22N. The second-order valence-electron chi connectivity index (χ2n) is 4.90. The Morgan fingerprint density at radius 1 is 1.59 bits per heavy atom. The Labute approximate surface area is 105 Å². The molecule has 0 amide bonds. The Balaban J connectivity index is 1.84. The van der Waals surface area contributed by atoms with E-state index in [4.69, 9.17) is 0 Å². The molecule has 1 N–H and O–H groups in total. The van der Waals surface area contributed by atoms with Gasteiger partial charge in [-0.3, -0.25) is 0 Å². The molecule has 91 valence electrons. The summed E-state index contributed by atoms with van der Waals surface area (Å²) in [4.78, 5) is 0.